The summed E-state index contributed by atoms with van der Waals surface area (Å²) in [7, 11) is 4.09. The van der Waals surface area contributed by atoms with Crippen LogP contribution in [0.5, 0.6) is 5.75 Å². The van der Waals surface area contributed by atoms with E-state index in [-0.39, 0.29) is 24.0 Å². The fourth-order valence-electron chi connectivity index (χ4n) is 2.54. The van der Waals surface area contributed by atoms with E-state index in [4.69, 9.17) is 9.73 Å². The minimum atomic E-state index is 0. The Morgan fingerprint density at radius 1 is 1.18 bits per heavy atom. The highest BCUT2D eigenvalue weighted by Gasteiger charge is 2.08. The average Bonchev–Trinajstić information content (AvgIpc) is 3.19. The number of para-hydroxylation sites is 1. The molecular weight excluding hydrogens is 483 g/mol. The summed E-state index contributed by atoms with van der Waals surface area (Å²) in [6.45, 7) is 8.15. The Kier molecular flexibility index (Phi) is 12.2. The van der Waals surface area contributed by atoms with Gasteiger partial charge < -0.3 is 20.3 Å². The van der Waals surface area contributed by atoms with Crippen LogP contribution in [0.3, 0.4) is 0 Å². The standard InChI is InChI=1S/C21H32N4OS.HI/c1-5-22-21(23-15-17(2)20-11-8-14-27-20)24-16-18-9-6-7-10-19(18)26-13-12-25(3)4;/h6-11,14,17H,5,12-13,15-16H2,1-4H3,(H2,22,23,24);1H. The molecule has 2 N–H and O–H groups in total. The maximum atomic E-state index is 5.94. The molecule has 0 saturated carbocycles. The fourth-order valence-corrected chi connectivity index (χ4v) is 3.33. The third-order valence-corrected chi connectivity index (χ3v) is 5.23. The van der Waals surface area contributed by atoms with Gasteiger partial charge in [-0.2, -0.15) is 0 Å². The maximum absolute atomic E-state index is 5.94. The number of ether oxygens (including phenoxy) is 1. The molecule has 1 atom stereocenters. The van der Waals surface area contributed by atoms with Gasteiger partial charge >= 0.3 is 0 Å². The molecule has 7 heteroatoms. The molecule has 0 aliphatic carbocycles. The van der Waals surface area contributed by atoms with E-state index >= 15 is 0 Å². The predicted octanol–water partition coefficient (Wildman–Crippen LogP) is 4.17. The first-order valence-corrected chi connectivity index (χ1v) is 10.4. The average molecular weight is 516 g/mol. The fraction of sp³-hybridized carbons (Fsp3) is 0.476. The number of thiophene rings is 1. The smallest absolute Gasteiger partial charge is 0.191 e. The van der Waals surface area contributed by atoms with Gasteiger partial charge in [-0.15, -0.1) is 35.3 Å². The highest BCUT2D eigenvalue weighted by atomic mass is 127. The van der Waals surface area contributed by atoms with E-state index in [1.165, 1.54) is 4.88 Å². The predicted molar refractivity (Wildman–Crippen MR) is 131 cm³/mol. The van der Waals surface area contributed by atoms with Gasteiger partial charge in [-0.05, 0) is 38.5 Å². The molecule has 1 aromatic carbocycles. The van der Waals surface area contributed by atoms with Crippen molar-refractivity contribution in [3.8, 4) is 5.75 Å². The quantitative estimate of drug-likeness (QED) is 0.283. The van der Waals surface area contributed by atoms with Crippen molar-refractivity contribution in [1.29, 1.82) is 0 Å². The lowest BCUT2D eigenvalue weighted by Gasteiger charge is -2.16. The zero-order chi connectivity index (χ0) is 19.5. The zero-order valence-corrected chi connectivity index (χ0v) is 20.4. The van der Waals surface area contributed by atoms with Crippen molar-refractivity contribution >= 4 is 41.3 Å². The molecule has 0 saturated heterocycles. The van der Waals surface area contributed by atoms with Gasteiger partial charge in [0.05, 0.1) is 6.54 Å². The molecule has 0 fully saturated rings. The summed E-state index contributed by atoms with van der Waals surface area (Å²) in [4.78, 5) is 8.25. The minimum absolute atomic E-state index is 0. The van der Waals surface area contributed by atoms with Crippen LogP contribution in [0.4, 0.5) is 0 Å². The van der Waals surface area contributed by atoms with Gasteiger partial charge in [0.15, 0.2) is 5.96 Å². The summed E-state index contributed by atoms with van der Waals surface area (Å²) in [6.07, 6.45) is 0. The Bertz CT molecular complexity index is 691. The lowest BCUT2D eigenvalue weighted by Crippen LogP contribution is -2.39. The summed E-state index contributed by atoms with van der Waals surface area (Å²) in [6, 6.07) is 12.4. The third kappa shape index (κ3) is 8.79. The Morgan fingerprint density at radius 2 is 1.96 bits per heavy atom. The molecule has 1 aromatic heterocycles. The number of nitrogens with one attached hydrogen (secondary N) is 2. The Hall–Kier alpha value is -1.32. The van der Waals surface area contributed by atoms with Crippen LogP contribution in [0.2, 0.25) is 0 Å². The summed E-state index contributed by atoms with van der Waals surface area (Å²) in [5, 5.41) is 8.90. The van der Waals surface area contributed by atoms with E-state index in [9.17, 15) is 0 Å². The summed E-state index contributed by atoms with van der Waals surface area (Å²) in [5.41, 5.74) is 1.10. The van der Waals surface area contributed by atoms with Crippen LogP contribution in [0.1, 0.15) is 30.2 Å². The number of aliphatic imine (C=N–C) groups is 1. The Labute approximate surface area is 190 Å². The summed E-state index contributed by atoms with van der Waals surface area (Å²) in [5.74, 6) is 2.20. The highest BCUT2D eigenvalue weighted by molar-refractivity contribution is 14.0. The number of nitrogens with zero attached hydrogens (tertiary/aromatic N) is 2. The van der Waals surface area contributed by atoms with E-state index in [0.717, 1.165) is 36.9 Å². The lowest BCUT2D eigenvalue weighted by molar-refractivity contribution is 0.259. The number of halogens is 1. The van der Waals surface area contributed by atoms with Crippen molar-refractivity contribution in [3.63, 3.8) is 0 Å². The summed E-state index contributed by atoms with van der Waals surface area (Å²) >= 11 is 1.80. The van der Waals surface area contributed by atoms with E-state index in [2.05, 4.69) is 53.0 Å². The second kappa shape index (κ2) is 13.8. The monoisotopic (exact) mass is 516 g/mol. The molecule has 156 valence electrons. The number of benzene rings is 1. The van der Waals surface area contributed by atoms with Crippen LogP contribution >= 0.6 is 35.3 Å². The van der Waals surface area contributed by atoms with Crippen LogP contribution in [-0.2, 0) is 6.54 Å². The molecular formula is C21H33IN4OS. The molecule has 0 aliphatic rings. The Morgan fingerprint density at radius 3 is 2.64 bits per heavy atom. The van der Waals surface area contributed by atoms with Crippen molar-refractivity contribution in [1.82, 2.24) is 15.5 Å². The van der Waals surface area contributed by atoms with Gasteiger partial charge in [0.1, 0.15) is 12.4 Å². The van der Waals surface area contributed by atoms with Crippen LogP contribution < -0.4 is 15.4 Å². The molecule has 0 bridgehead atoms. The third-order valence-electron chi connectivity index (χ3n) is 4.12. The van der Waals surface area contributed by atoms with Gasteiger partial charge in [-0.1, -0.05) is 31.2 Å². The van der Waals surface area contributed by atoms with Crippen molar-refractivity contribution in [2.45, 2.75) is 26.3 Å². The molecule has 0 spiro atoms. The molecule has 2 aromatic rings. The number of likely N-dealkylation sites (N-methyl/N-ethyl adjacent to an activating group) is 1. The van der Waals surface area contributed by atoms with Gasteiger partial charge in [0.2, 0.25) is 0 Å². The first-order valence-electron chi connectivity index (χ1n) is 9.51. The van der Waals surface area contributed by atoms with Gasteiger partial charge in [0.25, 0.3) is 0 Å². The normalized spacial score (nSPS) is 12.4. The lowest BCUT2D eigenvalue weighted by atomic mass is 10.1. The molecule has 0 aliphatic heterocycles. The highest BCUT2D eigenvalue weighted by Crippen LogP contribution is 2.20. The van der Waals surface area contributed by atoms with Crippen molar-refractivity contribution in [2.75, 3.05) is 40.3 Å². The molecule has 0 radical (unpaired) electrons. The van der Waals surface area contributed by atoms with Crippen molar-refractivity contribution in [2.24, 2.45) is 4.99 Å². The Balaban J connectivity index is 0.00000392. The molecule has 0 amide bonds. The molecule has 1 heterocycles. The molecule has 2 rings (SSSR count). The number of hydrogen-bond acceptors (Lipinski definition) is 4. The SMILES string of the molecule is CCNC(=NCc1ccccc1OCCN(C)C)NCC(C)c1cccs1.I. The molecule has 5 nitrogen and oxygen atoms in total. The van der Waals surface area contributed by atoms with Crippen LogP contribution in [-0.4, -0.2) is 51.2 Å². The van der Waals surface area contributed by atoms with Crippen LogP contribution in [0.15, 0.2) is 46.8 Å². The second-order valence-corrected chi connectivity index (χ2v) is 7.73. The maximum Gasteiger partial charge on any atom is 0.191 e. The molecule has 1 unspecified atom stereocenters. The number of hydrogen-bond donors (Lipinski definition) is 2. The number of rotatable bonds is 10. The number of guanidine groups is 1. The zero-order valence-electron chi connectivity index (χ0n) is 17.3. The van der Waals surface area contributed by atoms with Crippen molar-refractivity contribution < 1.29 is 4.74 Å². The minimum Gasteiger partial charge on any atom is -0.492 e. The van der Waals surface area contributed by atoms with Gasteiger partial charge in [-0.3, -0.25) is 0 Å². The van der Waals surface area contributed by atoms with Crippen molar-refractivity contribution in [3.05, 3.63) is 52.2 Å². The van der Waals surface area contributed by atoms with Crippen LogP contribution in [0, 0.1) is 0 Å². The van der Waals surface area contributed by atoms with E-state index < -0.39 is 0 Å². The first-order chi connectivity index (χ1) is 13.1. The topological polar surface area (TPSA) is 48.9 Å². The van der Waals surface area contributed by atoms with Crippen LogP contribution in [0.25, 0.3) is 0 Å². The van der Waals surface area contributed by atoms with Gasteiger partial charge in [-0.25, -0.2) is 4.99 Å². The first kappa shape index (κ1) is 24.7. The van der Waals surface area contributed by atoms with E-state index in [1.807, 2.05) is 32.3 Å². The van der Waals surface area contributed by atoms with Gasteiger partial charge in [0, 0.05) is 36.0 Å². The van der Waals surface area contributed by atoms with E-state index in [1.54, 1.807) is 11.3 Å². The molecule has 28 heavy (non-hydrogen) atoms. The largest absolute Gasteiger partial charge is 0.492 e. The second-order valence-electron chi connectivity index (χ2n) is 6.75. The van der Waals surface area contributed by atoms with E-state index in [0.29, 0.717) is 19.1 Å². The summed E-state index contributed by atoms with van der Waals surface area (Å²) < 4.78 is 5.94.